The van der Waals surface area contributed by atoms with Gasteiger partial charge < -0.3 is 19.3 Å². The number of ether oxygens (including phenoxy) is 3. The Kier molecular flexibility index (Phi) is 5.48. The summed E-state index contributed by atoms with van der Waals surface area (Å²) in [6, 6.07) is 10.9. The van der Waals surface area contributed by atoms with Crippen LogP contribution in [0.15, 0.2) is 48.5 Å². The summed E-state index contributed by atoms with van der Waals surface area (Å²) in [4.78, 5) is 22.8. The lowest BCUT2D eigenvalue weighted by atomic mass is 10.2. The van der Waals surface area contributed by atoms with E-state index >= 15 is 0 Å². The fraction of sp³-hybridized carbons (Fsp3) is 0.125. The molecule has 1 N–H and O–H groups in total. The molecule has 0 saturated heterocycles. The fourth-order valence-electron chi connectivity index (χ4n) is 1.80. The van der Waals surface area contributed by atoms with Crippen LogP contribution in [0.1, 0.15) is 15.9 Å². The molecule has 132 valence electrons. The summed E-state index contributed by atoms with van der Waals surface area (Å²) in [6.45, 7) is -0.114. The van der Waals surface area contributed by atoms with Gasteiger partial charge in [0.05, 0.1) is 0 Å². The van der Waals surface area contributed by atoms with E-state index in [0.717, 1.165) is 12.1 Å². The number of alkyl halides is 3. The number of halogens is 3. The highest BCUT2D eigenvalue weighted by Gasteiger charge is 2.31. The molecule has 2 rings (SSSR count). The number of hydrogen-bond acceptors (Lipinski definition) is 5. The highest BCUT2D eigenvalue weighted by molar-refractivity contribution is 5.92. The number of benzene rings is 2. The summed E-state index contributed by atoms with van der Waals surface area (Å²) in [5.74, 6) is -2.83. The lowest BCUT2D eigenvalue weighted by molar-refractivity contribution is -0.274. The third-order valence-electron chi connectivity index (χ3n) is 2.81. The van der Waals surface area contributed by atoms with Crippen molar-refractivity contribution in [3.05, 3.63) is 59.7 Å². The zero-order chi connectivity index (χ0) is 18.4. The predicted octanol–water partition coefficient (Wildman–Crippen LogP) is 4.00. The fourth-order valence-corrected chi connectivity index (χ4v) is 1.80. The molecule has 0 heterocycles. The van der Waals surface area contributed by atoms with Crippen LogP contribution in [0, 0.1) is 0 Å². The van der Waals surface area contributed by atoms with E-state index < -0.39 is 35.5 Å². The summed E-state index contributed by atoms with van der Waals surface area (Å²) >= 11 is 0. The van der Waals surface area contributed by atoms with Gasteiger partial charge in [-0.2, -0.15) is 0 Å². The van der Waals surface area contributed by atoms with Crippen LogP contribution >= 0.6 is 0 Å². The summed E-state index contributed by atoms with van der Waals surface area (Å²) in [7, 11) is 0. The van der Waals surface area contributed by atoms with E-state index in [0.29, 0.717) is 11.6 Å². The van der Waals surface area contributed by atoms with Crippen LogP contribution in [0.2, 0.25) is 0 Å². The smallest absolute Gasteiger partial charge is 0.478 e. The van der Waals surface area contributed by atoms with Gasteiger partial charge in [-0.25, -0.2) is 9.59 Å². The third kappa shape index (κ3) is 5.72. The van der Waals surface area contributed by atoms with Gasteiger partial charge in [0.2, 0.25) is 0 Å². The third-order valence-corrected chi connectivity index (χ3v) is 2.81. The first-order valence-electron chi connectivity index (χ1n) is 6.76. The van der Waals surface area contributed by atoms with Crippen LogP contribution in [0.3, 0.4) is 0 Å². The number of hydrogen-bond donors (Lipinski definition) is 1. The second kappa shape index (κ2) is 7.56. The van der Waals surface area contributed by atoms with E-state index in [2.05, 4.69) is 4.74 Å². The van der Waals surface area contributed by atoms with Crippen LogP contribution in [-0.4, -0.2) is 23.6 Å². The second-order valence-corrected chi connectivity index (χ2v) is 4.64. The molecule has 0 bridgehead atoms. The summed E-state index contributed by atoms with van der Waals surface area (Å²) in [5, 5.41) is 9.04. The Morgan fingerprint density at radius 1 is 1.04 bits per heavy atom. The van der Waals surface area contributed by atoms with Gasteiger partial charge in [-0.15, -0.1) is 13.2 Å². The first-order chi connectivity index (χ1) is 11.7. The number of carboxylic acid groups (broad SMARTS) is 1. The average molecular weight is 356 g/mol. The van der Waals surface area contributed by atoms with Gasteiger partial charge in [0, 0.05) is 0 Å². The molecule has 0 aromatic heterocycles. The van der Waals surface area contributed by atoms with Crippen molar-refractivity contribution in [2.45, 2.75) is 13.0 Å². The zero-order valence-corrected chi connectivity index (χ0v) is 12.4. The molecule has 0 aliphatic carbocycles. The molecule has 0 fully saturated rings. The maximum Gasteiger partial charge on any atom is 0.573 e. The number of carbonyl (C=O) groups excluding carboxylic acids is 1. The summed E-state index contributed by atoms with van der Waals surface area (Å²) in [5.41, 5.74) is -0.00903. The quantitative estimate of drug-likeness (QED) is 0.644. The maximum absolute atomic E-state index is 12.2. The first-order valence-corrected chi connectivity index (χ1v) is 6.76. The van der Waals surface area contributed by atoms with Crippen LogP contribution in [0.5, 0.6) is 11.5 Å². The van der Waals surface area contributed by atoms with E-state index in [-0.39, 0.29) is 6.61 Å². The first kappa shape index (κ1) is 18.1. The molecule has 0 saturated carbocycles. The van der Waals surface area contributed by atoms with Crippen molar-refractivity contribution in [3.8, 4) is 11.5 Å². The van der Waals surface area contributed by atoms with Gasteiger partial charge in [0.15, 0.2) is 0 Å². The minimum absolute atomic E-state index is 0.114. The Morgan fingerprint density at radius 2 is 1.72 bits per heavy atom. The predicted molar refractivity (Wildman–Crippen MR) is 77.3 cm³/mol. The molecule has 2 aromatic rings. The Labute approximate surface area is 139 Å². The molecule has 25 heavy (non-hydrogen) atoms. The molecule has 0 amide bonds. The lowest BCUT2D eigenvalue weighted by Gasteiger charge is -2.12. The average Bonchev–Trinajstić information content (AvgIpc) is 2.54. The van der Waals surface area contributed by atoms with Crippen LogP contribution in [-0.2, 0) is 11.3 Å². The number of carboxylic acids is 1. The van der Waals surface area contributed by atoms with Gasteiger partial charge in [0.25, 0.3) is 0 Å². The Balaban J connectivity index is 2.07. The van der Waals surface area contributed by atoms with Gasteiger partial charge in [-0.3, -0.25) is 0 Å². The van der Waals surface area contributed by atoms with Crippen molar-refractivity contribution in [1.82, 2.24) is 0 Å². The van der Waals surface area contributed by atoms with E-state index in [4.69, 9.17) is 14.6 Å². The monoisotopic (exact) mass is 356 g/mol. The van der Waals surface area contributed by atoms with E-state index in [9.17, 15) is 22.8 Å². The molecule has 0 aliphatic rings. The standard InChI is InChI=1S/C16H11F3O6/c17-16(18,19)25-11-6-7-13(12(8-11)14(20)21)24-15(22)23-9-10-4-2-1-3-5-10/h1-8H,9H2,(H,20,21). The minimum atomic E-state index is -4.98. The lowest BCUT2D eigenvalue weighted by Crippen LogP contribution is -2.18. The van der Waals surface area contributed by atoms with Crippen LogP contribution < -0.4 is 9.47 Å². The van der Waals surface area contributed by atoms with Crippen molar-refractivity contribution >= 4 is 12.1 Å². The molecular weight excluding hydrogens is 345 g/mol. The SMILES string of the molecule is O=C(OCc1ccccc1)Oc1ccc(OC(F)(F)F)cc1C(=O)O. The van der Waals surface area contributed by atoms with Gasteiger partial charge in [0.1, 0.15) is 23.7 Å². The Bertz CT molecular complexity index is 758. The van der Waals surface area contributed by atoms with E-state index in [1.54, 1.807) is 30.3 Å². The van der Waals surface area contributed by atoms with Gasteiger partial charge in [-0.1, -0.05) is 30.3 Å². The topological polar surface area (TPSA) is 82.1 Å². The molecule has 2 aromatic carbocycles. The molecule has 0 spiro atoms. The van der Waals surface area contributed by atoms with E-state index in [1.807, 2.05) is 0 Å². The van der Waals surface area contributed by atoms with Crippen molar-refractivity contribution in [3.63, 3.8) is 0 Å². The molecule has 0 radical (unpaired) electrons. The Morgan fingerprint density at radius 3 is 2.32 bits per heavy atom. The van der Waals surface area contributed by atoms with Crippen molar-refractivity contribution in [1.29, 1.82) is 0 Å². The number of carbonyl (C=O) groups is 2. The highest BCUT2D eigenvalue weighted by Crippen LogP contribution is 2.28. The molecule has 6 nitrogen and oxygen atoms in total. The molecular formula is C16H11F3O6. The molecule has 0 atom stereocenters. The maximum atomic E-state index is 12.2. The molecule has 0 unspecified atom stereocenters. The minimum Gasteiger partial charge on any atom is -0.478 e. The second-order valence-electron chi connectivity index (χ2n) is 4.64. The van der Waals surface area contributed by atoms with Gasteiger partial charge >= 0.3 is 18.5 Å². The van der Waals surface area contributed by atoms with Crippen molar-refractivity contribution in [2.75, 3.05) is 0 Å². The summed E-state index contributed by atoms with van der Waals surface area (Å²) < 4.78 is 49.7. The summed E-state index contributed by atoms with van der Waals surface area (Å²) in [6.07, 6.45) is -6.18. The number of aromatic carboxylic acids is 1. The normalized spacial score (nSPS) is 10.8. The largest absolute Gasteiger partial charge is 0.573 e. The zero-order valence-electron chi connectivity index (χ0n) is 12.4. The Hall–Kier alpha value is -3.23. The van der Waals surface area contributed by atoms with Crippen LogP contribution in [0.25, 0.3) is 0 Å². The van der Waals surface area contributed by atoms with Crippen molar-refractivity contribution in [2.24, 2.45) is 0 Å². The van der Waals surface area contributed by atoms with Gasteiger partial charge in [-0.05, 0) is 23.8 Å². The van der Waals surface area contributed by atoms with E-state index in [1.165, 1.54) is 0 Å². The molecule has 0 aliphatic heterocycles. The van der Waals surface area contributed by atoms with Crippen LogP contribution in [0.4, 0.5) is 18.0 Å². The number of rotatable bonds is 5. The highest BCUT2D eigenvalue weighted by atomic mass is 19.4. The van der Waals surface area contributed by atoms with Crippen molar-refractivity contribution < 1.29 is 42.1 Å². The molecule has 9 heteroatoms.